The van der Waals surface area contributed by atoms with Crippen LogP contribution in [0.4, 0.5) is 0 Å². The van der Waals surface area contributed by atoms with E-state index in [1.54, 1.807) is 0 Å². The van der Waals surface area contributed by atoms with E-state index in [2.05, 4.69) is 45.5 Å². The highest BCUT2D eigenvalue weighted by Crippen LogP contribution is 2.38. The van der Waals surface area contributed by atoms with Crippen LogP contribution in [0.2, 0.25) is 0 Å². The number of rotatable bonds is 7. The minimum atomic E-state index is 0.574. The molecule has 1 aliphatic heterocycles. The van der Waals surface area contributed by atoms with Gasteiger partial charge in [-0.25, -0.2) is 0 Å². The van der Waals surface area contributed by atoms with E-state index in [1.807, 2.05) is 0 Å². The highest BCUT2D eigenvalue weighted by Gasteiger charge is 2.30. The lowest BCUT2D eigenvalue weighted by Crippen LogP contribution is -2.52. The van der Waals surface area contributed by atoms with Crippen molar-refractivity contribution in [2.45, 2.75) is 45.2 Å². The fraction of sp³-hybridized carbons (Fsp3) is 0.875. The van der Waals surface area contributed by atoms with Gasteiger partial charge in [0.1, 0.15) is 11.6 Å². The average molecular weight is 307 g/mol. The first-order chi connectivity index (χ1) is 10.7. The summed E-state index contributed by atoms with van der Waals surface area (Å²) in [6, 6.07) is 0.574. The number of hydrogen-bond acceptors (Lipinski definition) is 5. The van der Waals surface area contributed by atoms with Crippen molar-refractivity contribution >= 4 is 0 Å². The lowest BCUT2D eigenvalue weighted by Gasteiger charge is -2.39. The van der Waals surface area contributed by atoms with Gasteiger partial charge >= 0.3 is 0 Å². The first-order valence-electron chi connectivity index (χ1n) is 8.61. The zero-order valence-electron chi connectivity index (χ0n) is 14.2. The number of aromatic nitrogens is 3. The second kappa shape index (κ2) is 7.06. The highest BCUT2D eigenvalue weighted by atomic mass is 16.5. The van der Waals surface area contributed by atoms with Crippen LogP contribution in [-0.2, 0) is 18.3 Å². The molecule has 0 bridgehead atoms. The van der Waals surface area contributed by atoms with Crippen molar-refractivity contribution < 1.29 is 4.74 Å². The van der Waals surface area contributed by atoms with Gasteiger partial charge in [-0.3, -0.25) is 9.80 Å². The standard InChI is InChI=1S/C16H29N5O/c1-4-22-10-9-21-8-7-20(11-13(21)2)12-15-17-18-16(19(15)3)14-5-6-14/h13-14H,4-12H2,1-3H3/t13-/m1/s1. The summed E-state index contributed by atoms with van der Waals surface area (Å²) in [7, 11) is 2.12. The van der Waals surface area contributed by atoms with Crippen LogP contribution in [0.15, 0.2) is 0 Å². The van der Waals surface area contributed by atoms with E-state index >= 15 is 0 Å². The van der Waals surface area contributed by atoms with Gasteiger partial charge in [-0.05, 0) is 26.7 Å². The van der Waals surface area contributed by atoms with E-state index in [9.17, 15) is 0 Å². The lowest BCUT2D eigenvalue weighted by atomic mass is 10.2. The highest BCUT2D eigenvalue weighted by molar-refractivity contribution is 5.07. The third-order valence-electron chi connectivity index (χ3n) is 4.88. The van der Waals surface area contributed by atoms with E-state index in [-0.39, 0.29) is 0 Å². The second-order valence-electron chi connectivity index (χ2n) is 6.62. The minimum absolute atomic E-state index is 0.574. The molecule has 2 heterocycles. The molecular formula is C16H29N5O. The fourth-order valence-electron chi connectivity index (χ4n) is 3.28. The molecule has 1 saturated heterocycles. The minimum Gasteiger partial charge on any atom is -0.380 e. The molecule has 2 aliphatic rings. The van der Waals surface area contributed by atoms with Crippen LogP contribution in [0.1, 0.15) is 44.3 Å². The Morgan fingerprint density at radius 1 is 1.23 bits per heavy atom. The summed E-state index contributed by atoms with van der Waals surface area (Å²) in [6.07, 6.45) is 2.56. The molecular weight excluding hydrogens is 278 g/mol. The molecule has 0 unspecified atom stereocenters. The van der Waals surface area contributed by atoms with Crippen molar-refractivity contribution in [1.82, 2.24) is 24.6 Å². The quantitative estimate of drug-likeness (QED) is 0.709. The van der Waals surface area contributed by atoms with Crippen molar-refractivity contribution in [1.29, 1.82) is 0 Å². The van der Waals surface area contributed by atoms with Gasteiger partial charge in [-0.15, -0.1) is 10.2 Å². The topological polar surface area (TPSA) is 46.4 Å². The molecule has 1 aromatic rings. The van der Waals surface area contributed by atoms with Crippen molar-refractivity contribution in [3.8, 4) is 0 Å². The fourth-order valence-corrected chi connectivity index (χ4v) is 3.28. The normalized spacial score (nSPS) is 24.0. The molecule has 1 aliphatic carbocycles. The summed E-state index contributed by atoms with van der Waals surface area (Å²) in [6.45, 7) is 11.3. The van der Waals surface area contributed by atoms with Gasteiger partial charge in [-0.1, -0.05) is 0 Å². The van der Waals surface area contributed by atoms with Gasteiger partial charge in [-0.2, -0.15) is 0 Å². The molecule has 0 amide bonds. The molecule has 6 heteroatoms. The molecule has 0 radical (unpaired) electrons. The number of nitrogens with zero attached hydrogens (tertiary/aromatic N) is 5. The predicted molar refractivity (Wildman–Crippen MR) is 85.8 cm³/mol. The SMILES string of the molecule is CCOCCN1CCN(Cc2nnc(C3CC3)n2C)C[C@H]1C. The molecule has 0 spiro atoms. The van der Waals surface area contributed by atoms with E-state index in [1.165, 1.54) is 18.7 Å². The monoisotopic (exact) mass is 307 g/mol. The van der Waals surface area contributed by atoms with Crippen molar-refractivity contribution in [2.75, 3.05) is 39.4 Å². The summed E-state index contributed by atoms with van der Waals surface area (Å²) < 4.78 is 7.69. The van der Waals surface area contributed by atoms with Crippen LogP contribution in [-0.4, -0.2) is 70.0 Å². The molecule has 1 atom stereocenters. The first-order valence-corrected chi connectivity index (χ1v) is 8.61. The molecule has 1 aromatic heterocycles. The van der Waals surface area contributed by atoms with Crippen LogP contribution in [0.5, 0.6) is 0 Å². The molecule has 0 N–H and O–H groups in total. The third-order valence-corrected chi connectivity index (χ3v) is 4.88. The summed E-state index contributed by atoms with van der Waals surface area (Å²) in [5.74, 6) is 2.95. The maximum absolute atomic E-state index is 5.48. The molecule has 6 nitrogen and oxygen atoms in total. The van der Waals surface area contributed by atoms with Gasteiger partial charge in [0, 0.05) is 51.8 Å². The van der Waals surface area contributed by atoms with Crippen LogP contribution >= 0.6 is 0 Å². The van der Waals surface area contributed by atoms with Crippen LogP contribution < -0.4 is 0 Å². The van der Waals surface area contributed by atoms with E-state index < -0.39 is 0 Å². The lowest BCUT2D eigenvalue weighted by molar-refractivity contribution is 0.0454. The average Bonchev–Trinajstić information content (AvgIpc) is 3.28. The Balaban J connectivity index is 1.50. The Bertz CT molecular complexity index is 485. The van der Waals surface area contributed by atoms with Crippen molar-refractivity contribution in [3.63, 3.8) is 0 Å². The maximum Gasteiger partial charge on any atom is 0.146 e. The van der Waals surface area contributed by atoms with Crippen molar-refractivity contribution in [2.24, 2.45) is 7.05 Å². The van der Waals surface area contributed by atoms with Gasteiger partial charge in [0.05, 0.1) is 13.2 Å². The largest absolute Gasteiger partial charge is 0.380 e. The predicted octanol–water partition coefficient (Wildman–Crippen LogP) is 1.24. The Kier molecular flexibility index (Phi) is 5.10. The Morgan fingerprint density at radius 2 is 2.05 bits per heavy atom. The van der Waals surface area contributed by atoms with Crippen LogP contribution in [0.3, 0.4) is 0 Å². The number of ether oxygens (including phenoxy) is 1. The van der Waals surface area contributed by atoms with Gasteiger partial charge in [0.15, 0.2) is 0 Å². The zero-order chi connectivity index (χ0) is 15.5. The van der Waals surface area contributed by atoms with Gasteiger partial charge < -0.3 is 9.30 Å². The van der Waals surface area contributed by atoms with Crippen LogP contribution in [0.25, 0.3) is 0 Å². The van der Waals surface area contributed by atoms with E-state index in [0.717, 1.165) is 51.8 Å². The second-order valence-corrected chi connectivity index (χ2v) is 6.62. The Morgan fingerprint density at radius 3 is 2.73 bits per heavy atom. The summed E-state index contributed by atoms with van der Waals surface area (Å²) in [4.78, 5) is 5.03. The molecule has 22 heavy (non-hydrogen) atoms. The number of piperazine rings is 1. The molecule has 124 valence electrons. The molecule has 1 saturated carbocycles. The van der Waals surface area contributed by atoms with Crippen LogP contribution in [0, 0.1) is 0 Å². The summed E-state index contributed by atoms with van der Waals surface area (Å²) >= 11 is 0. The molecule has 0 aromatic carbocycles. The summed E-state index contributed by atoms with van der Waals surface area (Å²) in [5.41, 5.74) is 0. The molecule has 2 fully saturated rings. The summed E-state index contributed by atoms with van der Waals surface area (Å²) in [5, 5.41) is 8.80. The smallest absolute Gasteiger partial charge is 0.146 e. The van der Waals surface area contributed by atoms with Gasteiger partial charge in [0.25, 0.3) is 0 Å². The first kappa shape index (κ1) is 15.9. The number of hydrogen-bond donors (Lipinski definition) is 0. The molecule has 3 rings (SSSR count). The zero-order valence-corrected chi connectivity index (χ0v) is 14.2. The van der Waals surface area contributed by atoms with Gasteiger partial charge in [0.2, 0.25) is 0 Å². The maximum atomic E-state index is 5.48. The van der Waals surface area contributed by atoms with Crippen molar-refractivity contribution in [3.05, 3.63) is 11.6 Å². The Hall–Kier alpha value is -0.980. The Labute approximate surface area is 133 Å². The van der Waals surface area contributed by atoms with E-state index in [4.69, 9.17) is 4.74 Å². The van der Waals surface area contributed by atoms with E-state index in [0.29, 0.717) is 12.0 Å². The third kappa shape index (κ3) is 3.67.